The molecule has 5 aliphatic heterocycles. The highest BCUT2D eigenvalue weighted by molar-refractivity contribution is 7.00. The van der Waals surface area contributed by atoms with Crippen LogP contribution in [0.2, 0.25) is 10.1 Å². The highest BCUT2D eigenvalue weighted by Crippen LogP contribution is 2.46. The second-order valence-electron chi connectivity index (χ2n) is 36.5. The summed E-state index contributed by atoms with van der Waals surface area (Å²) in [7, 11) is -7.89. The summed E-state index contributed by atoms with van der Waals surface area (Å²) in [6, 6.07) is 60.3. The number of terminal acetylenes is 1. The molecular weight excluding hydrogens is 1880 g/mol. The van der Waals surface area contributed by atoms with Crippen LogP contribution in [0, 0.1) is 12.3 Å². The fourth-order valence-corrected chi connectivity index (χ4v) is 27.6. The number of esters is 12. The number of ether oxygens (including phenoxy) is 22. The van der Waals surface area contributed by atoms with Crippen molar-refractivity contribution >= 4 is 109 Å². The molecule has 760 valence electrons. The number of rotatable bonds is 36. The normalized spacial score (nSPS) is 27.8. The first-order chi connectivity index (χ1) is 67.6. The zero-order valence-corrected chi connectivity index (χ0v) is 83.7. The van der Waals surface area contributed by atoms with Gasteiger partial charge in [0.05, 0.1) is 42.1 Å². The Bertz CT molecular complexity index is 5420. The Morgan fingerprint density at radius 3 is 0.838 bits per heavy atom. The van der Waals surface area contributed by atoms with Crippen LogP contribution < -0.4 is 20.7 Å². The largest absolute Gasteiger partial charge is 0.463 e. The van der Waals surface area contributed by atoms with Gasteiger partial charge in [-0.05, 0) is 81.1 Å². The maximum absolute atomic E-state index is 16.1. The van der Waals surface area contributed by atoms with Crippen molar-refractivity contribution < 1.29 is 171 Å². The summed E-state index contributed by atoms with van der Waals surface area (Å²) in [5.74, 6) is -9.68. The first kappa shape index (κ1) is 109. The predicted octanol–water partition coefficient (Wildman–Crippen LogP) is 8.69. The topological polar surface area (TPSA) is 426 Å². The first-order valence-electron chi connectivity index (χ1n) is 46.3. The quantitative estimate of drug-likeness (QED) is 0.0153. The van der Waals surface area contributed by atoms with E-state index in [2.05, 4.69) is 5.92 Å². The molecule has 0 saturated carbocycles. The van der Waals surface area contributed by atoms with Crippen LogP contribution in [0.3, 0.4) is 0 Å². The van der Waals surface area contributed by atoms with Crippen molar-refractivity contribution in [1.29, 1.82) is 0 Å². The summed E-state index contributed by atoms with van der Waals surface area (Å²) < 4.78 is 161. The molecule has 5 aliphatic rings. The fourth-order valence-electron chi connectivity index (χ4n) is 18.4. The van der Waals surface area contributed by atoms with E-state index in [1.807, 2.05) is 163 Å². The summed E-state index contributed by atoms with van der Waals surface area (Å²) in [5, 5.41) is 1.18. The van der Waals surface area contributed by atoms with Gasteiger partial charge in [-0.3, -0.25) is 43.2 Å². The van der Waals surface area contributed by atoms with Crippen molar-refractivity contribution in [2.24, 2.45) is 0 Å². The second kappa shape index (κ2) is 48.6. The van der Waals surface area contributed by atoms with Crippen LogP contribution in [0.5, 0.6) is 0 Å². The molecule has 0 bridgehead atoms. The Balaban J connectivity index is 1.13. The molecule has 7 aromatic rings. The lowest BCUT2D eigenvalue weighted by Gasteiger charge is -2.52. The molecule has 0 radical (unpaired) electrons. The van der Waals surface area contributed by atoms with Crippen LogP contribution in [0.15, 0.2) is 212 Å². The van der Waals surface area contributed by atoms with E-state index in [0.717, 1.165) is 72.7 Å². The third-order valence-corrected chi connectivity index (χ3v) is 34.1. The highest BCUT2D eigenvalue weighted by Gasteiger charge is 2.65. The lowest BCUT2D eigenvalue weighted by Crippen LogP contribution is -2.71. The summed E-state index contributed by atoms with van der Waals surface area (Å²) in [5.41, 5.74) is -0.328. The highest BCUT2D eigenvalue weighted by atomic mass is 28.4. The first-order valence-corrected chi connectivity index (χ1v) is 50.2. The monoisotopic (exact) mass is 2000 g/mol. The third kappa shape index (κ3) is 26.4. The Morgan fingerprint density at radius 1 is 0.275 bits per heavy atom. The molecule has 7 aromatic carbocycles. The molecule has 0 unspecified atom stereocenters. The minimum absolute atomic E-state index is 0.0787. The number of hydrogen-bond acceptors (Lipinski definition) is 36. The van der Waals surface area contributed by atoms with Gasteiger partial charge in [-0.2, -0.15) is 0 Å². The SMILES string of the molecule is C#CCO[C@@H]1O[C@H](CO[Si](c2ccccc2)(c2ccccc2)C(C)(C)C)[C@@H](O[C@@H]2O[C@H](CO[Si](c3ccccc3)(c3ccccc3)C(C)(C)C)[C@@H](O[C@@H]3O[C@@H](C)[C@H](O[C@@H]4O[C@H](COC(C)=O)[C@@H](OC(C)=O)[C@H](OC(C)=O)[C@H]4OC(C)=O)[C@@H](OC(C)=O)[C@H]3OC(C)=O)[C@H](OC(=O)c3ccccc3)[C@H]2OC(=O)c2ccccc2)[C@H](OC(=O)c2ccccc2)[C@H]1O[C@@H]1O[C@@H](C)[C@H](OC(C)=O)[C@@H](OC(C)=O)[C@H]1OC(C)=O. The summed E-state index contributed by atoms with van der Waals surface area (Å²) in [4.78, 5) is 169. The molecule has 0 N–H and O–H groups in total. The van der Waals surface area contributed by atoms with Crippen molar-refractivity contribution in [2.45, 2.75) is 281 Å². The van der Waals surface area contributed by atoms with Crippen LogP contribution in [-0.4, -0.2) is 268 Å². The van der Waals surface area contributed by atoms with Gasteiger partial charge in [0, 0.05) is 62.3 Å². The predicted molar refractivity (Wildman–Crippen MR) is 504 cm³/mol. The van der Waals surface area contributed by atoms with Crippen LogP contribution >= 0.6 is 0 Å². The molecule has 142 heavy (non-hydrogen) atoms. The molecule has 38 heteroatoms. The van der Waals surface area contributed by atoms with E-state index in [1.165, 1.54) is 62.4 Å². The van der Waals surface area contributed by atoms with Crippen LogP contribution in [0.25, 0.3) is 0 Å². The molecule has 0 aliphatic carbocycles. The second-order valence-corrected chi connectivity index (χ2v) is 45.1. The molecule has 12 rings (SSSR count). The number of benzene rings is 7. The molecule has 36 nitrogen and oxygen atoms in total. The van der Waals surface area contributed by atoms with Gasteiger partial charge >= 0.3 is 71.6 Å². The van der Waals surface area contributed by atoms with Gasteiger partial charge in [-0.15, -0.1) is 6.42 Å². The van der Waals surface area contributed by atoms with E-state index in [4.69, 9.17) is 119 Å². The molecule has 5 saturated heterocycles. The standard InChI is InChI=1S/C104H120O36Si2/c1-19-55-117-98-90(140-100-91(128-67(10)111)85(125-64(7)108)80(59(2)121-100)123-62(5)106)88(134-95(114)70-41-27-20-28-42-70)83(78(131-98)57-119-141(103(13,14)15,73-47-33-23-34-48-73)74-49-35-24-36-50-74)139-102-94(136-97(116)72-45-31-22-32-46-72)89(135-96(115)71-43-29-21-30-44-71)84(79(133-102)58-120-142(104(16,17)18,75-51-37-25-38-52-75)76-53-39-26-40-54-76)138-99-92(129-68(11)112)86(126-65(8)109)81(60(3)122-99)137-101-93(130-69(12)113)87(127-66(9)110)82(124-63(6)107)77(132-101)56-118-61(4)105/h1,20-54,59-60,77-94,98-102H,55-58H2,2-18H3/t59-,60-,77+,78+,79+,80-,81-,82+,83+,84+,85+,86+,87-,88-,89-,90+,91+,92+,93+,94+,98+,99-,100-,101-,102-/m0/s1. The average Bonchev–Trinajstić information content (AvgIpc) is 0.746. The fraction of sp³-hybridized carbons (Fsp3) is 0.462. The van der Waals surface area contributed by atoms with Crippen molar-refractivity contribution in [1.82, 2.24) is 0 Å². The number of hydrogen-bond donors (Lipinski definition) is 0. The van der Waals surface area contributed by atoms with Gasteiger partial charge in [0.2, 0.25) is 0 Å². The minimum Gasteiger partial charge on any atom is -0.463 e. The van der Waals surface area contributed by atoms with Gasteiger partial charge in [0.25, 0.3) is 16.6 Å². The van der Waals surface area contributed by atoms with Crippen LogP contribution in [0.4, 0.5) is 0 Å². The van der Waals surface area contributed by atoms with Crippen molar-refractivity contribution in [3.05, 3.63) is 229 Å². The zero-order valence-electron chi connectivity index (χ0n) is 81.7. The van der Waals surface area contributed by atoms with Gasteiger partial charge in [-0.25, -0.2) is 14.4 Å². The van der Waals surface area contributed by atoms with Crippen LogP contribution in [0.1, 0.15) is 149 Å². The van der Waals surface area contributed by atoms with Crippen molar-refractivity contribution in [2.75, 3.05) is 26.4 Å². The average molecular weight is 2000 g/mol. The molecule has 5 heterocycles. The van der Waals surface area contributed by atoms with E-state index < -0.39 is 278 Å². The lowest BCUT2D eigenvalue weighted by atomic mass is 9.94. The molecule has 5 fully saturated rings. The van der Waals surface area contributed by atoms with Crippen LogP contribution in [-0.2, 0) is 156 Å². The van der Waals surface area contributed by atoms with E-state index in [0.29, 0.717) is 10.4 Å². The third-order valence-electron chi connectivity index (χ3n) is 24.1. The van der Waals surface area contributed by atoms with Crippen molar-refractivity contribution in [3.8, 4) is 12.3 Å². The van der Waals surface area contributed by atoms with Gasteiger partial charge in [0.15, 0.2) is 105 Å². The van der Waals surface area contributed by atoms with E-state index >= 15 is 14.4 Å². The number of carbonyl (C=O) groups excluding carboxylic acids is 12. The van der Waals surface area contributed by atoms with Gasteiger partial charge in [0.1, 0.15) is 49.8 Å². The van der Waals surface area contributed by atoms with E-state index in [-0.39, 0.29) is 16.7 Å². The van der Waals surface area contributed by atoms with Gasteiger partial charge in [-0.1, -0.05) is 223 Å². The molecule has 0 spiro atoms. The smallest absolute Gasteiger partial charge is 0.338 e. The minimum atomic E-state index is -4.00. The summed E-state index contributed by atoms with van der Waals surface area (Å²) >= 11 is 0. The van der Waals surface area contributed by atoms with E-state index in [1.54, 1.807) is 42.5 Å². The maximum Gasteiger partial charge on any atom is 0.338 e. The number of carbonyl (C=O) groups is 12. The maximum atomic E-state index is 16.1. The lowest BCUT2D eigenvalue weighted by molar-refractivity contribution is -0.393. The summed E-state index contributed by atoms with van der Waals surface area (Å²) in [6.45, 7) is 21.5. The Hall–Kier alpha value is -12.3. The Kier molecular flexibility index (Phi) is 37.2. The molecule has 25 atom stereocenters. The summed E-state index contributed by atoms with van der Waals surface area (Å²) in [6.07, 6.45) is -41.7. The zero-order chi connectivity index (χ0) is 103. The molecule has 0 aromatic heterocycles. The van der Waals surface area contributed by atoms with Crippen molar-refractivity contribution in [3.63, 3.8) is 0 Å². The Labute approximate surface area is 824 Å². The van der Waals surface area contributed by atoms with E-state index in [9.17, 15) is 43.2 Å². The Morgan fingerprint density at radius 2 is 0.514 bits per heavy atom. The molecule has 0 amide bonds. The molecular formula is C104H120O36Si2. The van der Waals surface area contributed by atoms with Gasteiger partial charge < -0.3 is 113 Å².